The highest BCUT2D eigenvalue weighted by molar-refractivity contribution is 5.41. The van der Waals surface area contributed by atoms with Crippen molar-refractivity contribution in [3.63, 3.8) is 0 Å². The van der Waals surface area contributed by atoms with Gasteiger partial charge in [0.2, 0.25) is 0 Å². The highest BCUT2D eigenvalue weighted by Gasteiger charge is 2.38. The van der Waals surface area contributed by atoms with Crippen LogP contribution in [0.2, 0.25) is 0 Å². The minimum absolute atomic E-state index is 0.0449. The maximum Gasteiger partial charge on any atom is 0.0678 e. The molecule has 0 bridgehead atoms. The van der Waals surface area contributed by atoms with Crippen LogP contribution in [0.4, 0.5) is 0 Å². The topological polar surface area (TPSA) is 43.8 Å². The van der Waals surface area contributed by atoms with Gasteiger partial charge >= 0.3 is 0 Å². The molecule has 82 valence electrons. The van der Waals surface area contributed by atoms with E-state index in [2.05, 4.69) is 23.3 Å². The van der Waals surface area contributed by atoms with Gasteiger partial charge in [-0.05, 0) is 37.0 Å². The van der Waals surface area contributed by atoms with Crippen LogP contribution in [0.3, 0.4) is 0 Å². The molecule has 2 aromatic rings. The number of nitrogens with zero attached hydrogens (tertiary/aromatic N) is 2. The Morgan fingerprint density at radius 3 is 2.75 bits per heavy atom. The molecule has 16 heavy (non-hydrogen) atoms. The van der Waals surface area contributed by atoms with Crippen molar-refractivity contribution in [3.05, 3.63) is 48.3 Å². The van der Waals surface area contributed by atoms with E-state index in [-0.39, 0.29) is 5.54 Å². The quantitative estimate of drug-likeness (QED) is 0.846. The van der Waals surface area contributed by atoms with Crippen molar-refractivity contribution in [2.75, 3.05) is 0 Å². The lowest BCUT2D eigenvalue weighted by molar-refractivity contribution is 0.666. The van der Waals surface area contributed by atoms with E-state index in [1.54, 1.807) is 6.20 Å². The van der Waals surface area contributed by atoms with Gasteiger partial charge in [-0.25, -0.2) is 4.68 Å². The van der Waals surface area contributed by atoms with Crippen molar-refractivity contribution in [1.29, 1.82) is 0 Å². The molecule has 3 nitrogen and oxygen atoms in total. The highest BCUT2D eigenvalue weighted by atomic mass is 15.3. The summed E-state index contributed by atoms with van der Waals surface area (Å²) in [5.74, 6) is 0. The molecule has 1 aromatic heterocycles. The zero-order valence-corrected chi connectivity index (χ0v) is 9.13. The molecule has 0 unspecified atom stereocenters. The van der Waals surface area contributed by atoms with Crippen LogP contribution in [0.1, 0.15) is 18.4 Å². The van der Waals surface area contributed by atoms with E-state index in [9.17, 15) is 0 Å². The Morgan fingerprint density at radius 2 is 2.06 bits per heavy atom. The van der Waals surface area contributed by atoms with Crippen molar-refractivity contribution in [2.45, 2.75) is 24.8 Å². The maximum absolute atomic E-state index is 6.17. The molecule has 2 N–H and O–H groups in total. The lowest BCUT2D eigenvalue weighted by Crippen LogP contribution is -2.25. The second-order valence-corrected chi connectivity index (χ2v) is 4.62. The third kappa shape index (κ3) is 1.74. The van der Waals surface area contributed by atoms with Crippen molar-refractivity contribution < 1.29 is 0 Å². The molecule has 1 aliphatic rings. The molecular weight excluding hydrogens is 198 g/mol. The number of para-hydroxylation sites is 1. The van der Waals surface area contributed by atoms with Crippen LogP contribution in [0, 0.1) is 0 Å². The summed E-state index contributed by atoms with van der Waals surface area (Å²) >= 11 is 0. The third-order valence-corrected chi connectivity index (χ3v) is 3.18. The normalized spacial score (nSPS) is 17.3. The number of hydrogen-bond acceptors (Lipinski definition) is 2. The second-order valence-electron chi connectivity index (χ2n) is 4.62. The minimum Gasteiger partial charge on any atom is -0.325 e. The first-order valence-electron chi connectivity index (χ1n) is 5.64. The minimum atomic E-state index is 0.0449. The van der Waals surface area contributed by atoms with Crippen LogP contribution in [0.5, 0.6) is 0 Å². The summed E-state index contributed by atoms with van der Waals surface area (Å²) in [5, 5.41) is 4.27. The fraction of sp³-hybridized carbons (Fsp3) is 0.308. The van der Waals surface area contributed by atoms with E-state index in [1.807, 2.05) is 23.0 Å². The summed E-state index contributed by atoms with van der Waals surface area (Å²) in [6.07, 6.45) is 6.99. The first-order chi connectivity index (χ1) is 7.77. The van der Waals surface area contributed by atoms with Crippen LogP contribution in [-0.4, -0.2) is 15.3 Å². The molecule has 1 saturated carbocycles. The molecule has 0 atom stereocenters. The van der Waals surface area contributed by atoms with Gasteiger partial charge in [-0.2, -0.15) is 5.10 Å². The van der Waals surface area contributed by atoms with E-state index in [4.69, 9.17) is 5.73 Å². The Kier molecular flexibility index (Phi) is 2.07. The molecule has 0 aliphatic heterocycles. The molecule has 1 heterocycles. The first kappa shape index (κ1) is 9.60. The van der Waals surface area contributed by atoms with Gasteiger partial charge in [0, 0.05) is 17.9 Å². The number of aromatic nitrogens is 2. The van der Waals surface area contributed by atoms with Gasteiger partial charge < -0.3 is 5.73 Å². The van der Waals surface area contributed by atoms with Gasteiger partial charge in [0.1, 0.15) is 0 Å². The van der Waals surface area contributed by atoms with Crippen molar-refractivity contribution >= 4 is 0 Å². The Balaban J connectivity index is 1.98. The fourth-order valence-electron chi connectivity index (χ4n) is 2.01. The summed E-state index contributed by atoms with van der Waals surface area (Å²) in [4.78, 5) is 0. The molecule has 3 rings (SSSR count). The predicted octanol–water partition coefficient (Wildman–Crippen LogP) is 1.91. The van der Waals surface area contributed by atoms with Gasteiger partial charge in [-0.15, -0.1) is 0 Å². The Morgan fingerprint density at radius 1 is 1.25 bits per heavy atom. The number of nitrogens with two attached hydrogens (primary N) is 1. The van der Waals surface area contributed by atoms with Crippen LogP contribution >= 0.6 is 0 Å². The second kappa shape index (κ2) is 3.46. The van der Waals surface area contributed by atoms with Gasteiger partial charge in [-0.1, -0.05) is 18.2 Å². The van der Waals surface area contributed by atoms with Crippen molar-refractivity contribution in [3.8, 4) is 5.69 Å². The van der Waals surface area contributed by atoms with Crippen LogP contribution in [-0.2, 0) is 6.42 Å². The average molecular weight is 213 g/mol. The lowest BCUT2D eigenvalue weighted by atomic mass is 10.0. The van der Waals surface area contributed by atoms with E-state index in [0.717, 1.165) is 24.9 Å². The Bertz CT molecular complexity index is 484. The van der Waals surface area contributed by atoms with Crippen LogP contribution in [0.25, 0.3) is 5.69 Å². The first-order valence-corrected chi connectivity index (χ1v) is 5.64. The summed E-state index contributed by atoms with van der Waals surface area (Å²) in [6.45, 7) is 0. The molecule has 0 amide bonds. The molecule has 1 aliphatic carbocycles. The molecule has 0 radical (unpaired) electrons. The maximum atomic E-state index is 6.17. The lowest BCUT2D eigenvalue weighted by Gasteiger charge is -2.13. The van der Waals surface area contributed by atoms with Crippen molar-refractivity contribution in [2.24, 2.45) is 5.73 Å². The summed E-state index contributed by atoms with van der Waals surface area (Å²) < 4.78 is 1.90. The van der Waals surface area contributed by atoms with E-state index in [1.165, 1.54) is 5.56 Å². The van der Waals surface area contributed by atoms with Gasteiger partial charge in [0.05, 0.1) is 5.69 Å². The number of rotatable bonds is 3. The van der Waals surface area contributed by atoms with Gasteiger partial charge in [0.25, 0.3) is 0 Å². The zero-order valence-electron chi connectivity index (χ0n) is 9.13. The molecule has 0 spiro atoms. The summed E-state index contributed by atoms with van der Waals surface area (Å²) in [5.41, 5.74) is 8.64. The van der Waals surface area contributed by atoms with Crippen molar-refractivity contribution in [1.82, 2.24) is 9.78 Å². The Labute approximate surface area is 94.9 Å². The smallest absolute Gasteiger partial charge is 0.0678 e. The zero-order chi connectivity index (χ0) is 11.0. The van der Waals surface area contributed by atoms with Crippen LogP contribution in [0.15, 0.2) is 42.7 Å². The largest absolute Gasteiger partial charge is 0.325 e. The van der Waals surface area contributed by atoms with Crippen LogP contribution < -0.4 is 5.73 Å². The summed E-state index contributed by atoms with van der Waals surface area (Å²) in [7, 11) is 0. The molecule has 1 aromatic carbocycles. The number of hydrogen-bond donors (Lipinski definition) is 1. The predicted molar refractivity (Wildman–Crippen MR) is 63.4 cm³/mol. The Hall–Kier alpha value is -1.61. The SMILES string of the molecule is NC1(Cc2ccccc2-n2cccn2)CC1. The number of benzene rings is 1. The van der Waals surface area contributed by atoms with E-state index < -0.39 is 0 Å². The standard InChI is InChI=1S/C13H15N3/c14-13(6-7-13)10-11-4-1-2-5-12(11)16-9-3-8-15-16/h1-5,8-9H,6-7,10,14H2. The van der Waals surface area contributed by atoms with Gasteiger partial charge in [-0.3, -0.25) is 0 Å². The fourth-order valence-corrected chi connectivity index (χ4v) is 2.01. The van der Waals surface area contributed by atoms with E-state index >= 15 is 0 Å². The van der Waals surface area contributed by atoms with E-state index in [0.29, 0.717) is 0 Å². The monoisotopic (exact) mass is 213 g/mol. The molecule has 3 heteroatoms. The third-order valence-electron chi connectivity index (χ3n) is 3.18. The average Bonchev–Trinajstić information content (AvgIpc) is 2.83. The highest BCUT2D eigenvalue weighted by Crippen LogP contribution is 2.36. The molecule has 1 fully saturated rings. The molecular formula is C13H15N3. The summed E-state index contributed by atoms with van der Waals surface area (Å²) in [6, 6.07) is 10.3. The van der Waals surface area contributed by atoms with Gasteiger partial charge in [0.15, 0.2) is 0 Å². The molecule has 0 saturated heterocycles.